The van der Waals surface area contributed by atoms with Crippen LogP contribution >= 0.6 is 0 Å². The molecule has 1 aromatic carbocycles. The van der Waals surface area contributed by atoms with Crippen molar-refractivity contribution < 1.29 is 4.42 Å². The Morgan fingerprint density at radius 3 is 2.79 bits per heavy atom. The molecule has 1 aromatic heterocycles. The first-order chi connectivity index (χ1) is 6.74. The maximum atomic E-state index is 5.44. The van der Waals surface area contributed by atoms with Crippen LogP contribution in [0.2, 0.25) is 0 Å². The number of aryl methyl sites for hydroxylation is 1. The standard InChI is InChI=1S/C12H15NO/c1-4-9-5-6-10(8(2)3)12-11(9)13-7-14-12/h5-8H,4H2,1-3H3. The van der Waals surface area contributed by atoms with E-state index in [1.54, 1.807) is 0 Å². The van der Waals surface area contributed by atoms with Gasteiger partial charge in [-0.25, -0.2) is 4.98 Å². The lowest BCUT2D eigenvalue weighted by Gasteiger charge is -2.06. The first-order valence-corrected chi connectivity index (χ1v) is 5.09. The molecule has 0 aliphatic heterocycles. The average Bonchev–Trinajstić information content (AvgIpc) is 2.64. The van der Waals surface area contributed by atoms with Crippen molar-refractivity contribution >= 4 is 11.1 Å². The fourth-order valence-corrected chi connectivity index (χ4v) is 1.76. The third-order valence-corrected chi connectivity index (χ3v) is 2.60. The summed E-state index contributed by atoms with van der Waals surface area (Å²) in [5, 5.41) is 0. The summed E-state index contributed by atoms with van der Waals surface area (Å²) in [7, 11) is 0. The fourth-order valence-electron chi connectivity index (χ4n) is 1.76. The molecule has 0 fully saturated rings. The molecule has 0 N–H and O–H groups in total. The fraction of sp³-hybridized carbons (Fsp3) is 0.417. The summed E-state index contributed by atoms with van der Waals surface area (Å²) in [5.74, 6) is 0.483. The summed E-state index contributed by atoms with van der Waals surface area (Å²) in [5.41, 5.74) is 4.49. The molecular formula is C12H15NO. The summed E-state index contributed by atoms with van der Waals surface area (Å²) in [6.45, 7) is 6.48. The first-order valence-electron chi connectivity index (χ1n) is 5.09. The number of oxazole rings is 1. The van der Waals surface area contributed by atoms with E-state index in [2.05, 4.69) is 37.9 Å². The second kappa shape index (κ2) is 3.45. The largest absolute Gasteiger partial charge is 0.443 e. The van der Waals surface area contributed by atoms with Gasteiger partial charge in [0, 0.05) is 0 Å². The Morgan fingerprint density at radius 2 is 2.14 bits per heavy atom. The predicted molar refractivity (Wildman–Crippen MR) is 57.5 cm³/mol. The lowest BCUT2D eigenvalue weighted by molar-refractivity contribution is 0.594. The minimum absolute atomic E-state index is 0.483. The Morgan fingerprint density at radius 1 is 1.36 bits per heavy atom. The van der Waals surface area contributed by atoms with Gasteiger partial charge in [-0.3, -0.25) is 0 Å². The van der Waals surface area contributed by atoms with Crippen molar-refractivity contribution in [1.29, 1.82) is 0 Å². The maximum Gasteiger partial charge on any atom is 0.182 e. The molecular weight excluding hydrogens is 174 g/mol. The molecule has 0 atom stereocenters. The molecule has 74 valence electrons. The van der Waals surface area contributed by atoms with E-state index < -0.39 is 0 Å². The average molecular weight is 189 g/mol. The van der Waals surface area contributed by atoms with E-state index in [0.29, 0.717) is 5.92 Å². The summed E-state index contributed by atoms with van der Waals surface area (Å²) >= 11 is 0. The molecule has 0 amide bonds. The minimum atomic E-state index is 0.483. The molecule has 0 saturated heterocycles. The van der Waals surface area contributed by atoms with Crippen LogP contribution in [0.4, 0.5) is 0 Å². The van der Waals surface area contributed by atoms with Crippen molar-refractivity contribution in [2.75, 3.05) is 0 Å². The molecule has 0 aliphatic rings. The van der Waals surface area contributed by atoms with Gasteiger partial charge in [-0.15, -0.1) is 0 Å². The highest BCUT2D eigenvalue weighted by Gasteiger charge is 2.11. The predicted octanol–water partition coefficient (Wildman–Crippen LogP) is 3.51. The maximum absolute atomic E-state index is 5.44. The quantitative estimate of drug-likeness (QED) is 0.722. The van der Waals surface area contributed by atoms with Crippen molar-refractivity contribution in [1.82, 2.24) is 4.98 Å². The molecule has 2 nitrogen and oxygen atoms in total. The number of rotatable bonds is 2. The summed E-state index contributed by atoms with van der Waals surface area (Å²) in [4.78, 5) is 4.27. The van der Waals surface area contributed by atoms with Gasteiger partial charge < -0.3 is 4.42 Å². The smallest absolute Gasteiger partial charge is 0.182 e. The van der Waals surface area contributed by atoms with Crippen molar-refractivity contribution in [3.05, 3.63) is 29.7 Å². The first kappa shape index (κ1) is 9.25. The molecule has 0 saturated carbocycles. The number of aromatic nitrogens is 1. The van der Waals surface area contributed by atoms with E-state index in [-0.39, 0.29) is 0 Å². The molecule has 0 spiro atoms. The van der Waals surface area contributed by atoms with Crippen molar-refractivity contribution in [2.45, 2.75) is 33.1 Å². The van der Waals surface area contributed by atoms with E-state index in [1.165, 1.54) is 17.5 Å². The summed E-state index contributed by atoms with van der Waals surface area (Å²) in [6, 6.07) is 4.30. The molecule has 0 bridgehead atoms. The highest BCUT2D eigenvalue weighted by molar-refractivity contribution is 5.80. The number of benzene rings is 1. The van der Waals surface area contributed by atoms with E-state index in [4.69, 9.17) is 4.42 Å². The van der Waals surface area contributed by atoms with Crippen LogP contribution in [0.5, 0.6) is 0 Å². The highest BCUT2D eigenvalue weighted by atomic mass is 16.3. The van der Waals surface area contributed by atoms with Crippen LogP contribution < -0.4 is 0 Å². The van der Waals surface area contributed by atoms with Crippen molar-refractivity contribution in [3.8, 4) is 0 Å². The third-order valence-electron chi connectivity index (χ3n) is 2.60. The van der Waals surface area contributed by atoms with Gasteiger partial charge in [0.15, 0.2) is 12.0 Å². The van der Waals surface area contributed by atoms with Crippen molar-refractivity contribution in [2.24, 2.45) is 0 Å². The Labute approximate surface area is 84.0 Å². The van der Waals surface area contributed by atoms with E-state index in [1.807, 2.05) is 0 Å². The van der Waals surface area contributed by atoms with Crippen LogP contribution in [0.15, 0.2) is 22.9 Å². The topological polar surface area (TPSA) is 26.0 Å². The van der Waals surface area contributed by atoms with Crippen LogP contribution in [-0.4, -0.2) is 4.98 Å². The van der Waals surface area contributed by atoms with Crippen LogP contribution in [0.3, 0.4) is 0 Å². The van der Waals surface area contributed by atoms with Crippen LogP contribution in [0.1, 0.15) is 37.8 Å². The van der Waals surface area contributed by atoms with Gasteiger partial charge in [0.2, 0.25) is 0 Å². The van der Waals surface area contributed by atoms with Crippen LogP contribution in [-0.2, 0) is 6.42 Å². The monoisotopic (exact) mass is 189 g/mol. The molecule has 2 rings (SSSR count). The van der Waals surface area contributed by atoms with Gasteiger partial charge in [0.1, 0.15) is 5.52 Å². The molecule has 0 unspecified atom stereocenters. The Bertz CT molecular complexity index is 443. The van der Waals surface area contributed by atoms with Gasteiger partial charge >= 0.3 is 0 Å². The van der Waals surface area contributed by atoms with Crippen LogP contribution in [0, 0.1) is 0 Å². The Hall–Kier alpha value is -1.31. The lowest BCUT2D eigenvalue weighted by Crippen LogP contribution is -1.91. The van der Waals surface area contributed by atoms with Gasteiger partial charge in [0.25, 0.3) is 0 Å². The van der Waals surface area contributed by atoms with Gasteiger partial charge in [-0.1, -0.05) is 32.9 Å². The van der Waals surface area contributed by atoms with Gasteiger partial charge in [-0.05, 0) is 23.5 Å². The third kappa shape index (κ3) is 1.31. The van der Waals surface area contributed by atoms with E-state index >= 15 is 0 Å². The summed E-state index contributed by atoms with van der Waals surface area (Å²) < 4.78 is 5.44. The molecule has 14 heavy (non-hydrogen) atoms. The second-order valence-electron chi connectivity index (χ2n) is 3.85. The molecule has 2 heteroatoms. The minimum Gasteiger partial charge on any atom is -0.443 e. The lowest BCUT2D eigenvalue weighted by atomic mass is 9.99. The zero-order valence-corrected chi connectivity index (χ0v) is 8.87. The SMILES string of the molecule is CCc1ccc(C(C)C)c2ocnc12. The van der Waals surface area contributed by atoms with Gasteiger partial charge in [-0.2, -0.15) is 0 Å². The number of fused-ring (bicyclic) bond motifs is 1. The van der Waals surface area contributed by atoms with Crippen molar-refractivity contribution in [3.63, 3.8) is 0 Å². The molecule has 0 aliphatic carbocycles. The number of hydrogen-bond acceptors (Lipinski definition) is 2. The second-order valence-corrected chi connectivity index (χ2v) is 3.85. The molecule has 2 aromatic rings. The normalized spacial score (nSPS) is 11.4. The van der Waals surface area contributed by atoms with E-state index in [0.717, 1.165) is 17.5 Å². The number of nitrogens with zero attached hydrogens (tertiary/aromatic N) is 1. The van der Waals surface area contributed by atoms with Crippen LogP contribution in [0.25, 0.3) is 11.1 Å². The molecule has 0 radical (unpaired) electrons. The Balaban J connectivity index is 2.72. The molecule has 1 heterocycles. The highest BCUT2D eigenvalue weighted by Crippen LogP contribution is 2.27. The van der Waals surface area contributed by atoms with Gasteiger partial charge in [0.05, 0.1) is 0 Å². The Kier molecular flexibility index (Phi) is 2.28. The van der Waals surface area contributed by atoms with E-state index in [9.17, 15) is 0 Å². The zero-order valence-electron chi connectivity index (χ0n) is 8.87. The zero-order chi connectivity index (χ0) is 10.1. The number of hydrogen-bond donors (Lipinski definition) is 0. The summed E-state index contributed by atoms with van der Waals surface area (Å²) in [6.07, 6.45) is 2.54.